The zero-order chi connectivity index (χ0) is 22.8. The molecule has 2 unspecified atom stereocenters. The summed E-state index contributed by atoms with van der Waals surface area (Å²) in [5.41, 5.74) is -2.51. The summed E-state index contributed by atoms with van der Waals surface area (Å²) in [6.07, 6.45) is 1.48. The van der Waals surface area contributed by atoms with E-state index in [1.807, 2.05) is 0 Å². The monoisotopic (exact) mass is 462 g/mol. The van der Waals surface area contributed by atoms with Crippen molar-refractivity contribution in [2.24, 2.45) is 0 Å². The molecule has 2 atom stereocenters. The van der Waals surface area contributed by atoms with Gasteiger partial charge in [0.05, 0.1) is 34.5 Å². The summed E-state index contributed by atoms with van der Waals surface area (Å²) in [4.78, 5) is 47.7. The van der Waals surface area contributed by atoms with E-state index >= 15 is 0 Å². The van der Waals surface area contributed by atoms with Gasteiger partial charge in [-0.05, 0) is 24.6 Å². The van der Waals surface area contributed by atoms with E-state index in [-0.39, 0.29) is 11.5 Å². The highest BCUT2D eigenvalue weighted by Crippen LogP contribution is 2.21. The molecule has 0 fully saturated rings. The largest absolute Gasteiger partial charge is 0.478 e. The van der Waals surface area contributed by atoms with Gasteiger partial charge in [-0.3, -0.25) is 0 Å². The second-order valence-corrected chi connectivity index (χ2v) is 7.79. The van der Waals surface area contributed by atoms with Crippen molar-refractivity contribution >= 4 is 47.4 Å². The Hall–Kier alpha value is -2.28. The number of hydrogen-bond donors (Lipinski definition) is 4. The van der Waals surface area contributed by atoms with E-state index in [9.17, 15) is 39.6 Å². The summed E-state index contributed by atoms with van der Waals surface area (Å²) in [5, 5.41) is 38.0. The van der Waals surface area contributed by atoms with Gasteiger partial charge < -0.3 is 29.9 Å². The summed E-state index contributed by atoms with van der Waals surface area (Å²) in [7, 11) is 0. The fourth-order valence-corrected chi connectivity index (χ4v) is 3.23. The quantitative estimate of drug-likeness (QED) is 0.324. The molecule has 0 saturated carbocycles. The molecule has 0 aromatic heterocycles. The van der Waals surface area contributed by atoms with Crippen LogP contribution in [0.2, 0.25) is 0 Å². The van der Waals surface area contributed by atoms with Crippen LogP contribution in [0.15, 0.2) is 12.1 Å². The van der Waals surface area contributed by atoms with Crippen molar-refractivity contribution in [3.05, 3.63) is 34.4 Å². The van der Waals surface area contributed by atoms with Crippen LogP contribution in [-0.2, 0) is 9.47 Å². The number of benzene rings is 1. The SMILES string of the molecule is CSCC(O)COC(=O)c1cc(C(=O)OCC(O)CSC)c(C(=O)O)cc1C(=O)O. The summed E-state index contributed by atoms with van der Waals surface area (Å²) >= 11 is 2.61. The van der Waals surface area contributed by atoms with Crippen molar-refractivity contribution in [1.29, 1.82) is 0 Å². The number of thioether (sulfide) groups is 2. The van der Waals surface area contributed by atoms with Gasteiger partial charge in [-0.1, -0.05) is 0 Å². The van der Waals surface area contributed by atoms with E-state index in [2.05, 4.69) is 0 Å². The average molecular weight is 462 g/mol. The van der Waals surface area contributed by atoms with Crippen molar-refractivity contribution in [3.8, 4) is 0 Å². The van der Waals surface area contributed by atoms with Crippen LogP contribution in [0.4, 0.5) is 0 Å². The number of aromatic carboxylic acids is 2. The van der Waals surface area contributed by atoms with Crippen molar-refractivity contribution in [2.45, 2.75) is 12.2 Å². The van der Waals surface area contributed by atoms with Crippen molar-refractivity contribution in [3.63, 3.8) is 0 Å². The molecular formula is C18H22O10S2. The van der Waals surface area contributed by atoms with Gasteiger partial charge in [-0.2, -0.15) is 23.5 Å². The Morgan fingerprint density at radius 2 is 1.10 bits per heavy atom. The van der Waals surface area contributed by atoms with Crippen LogP contribution in [0.25, 0.3) is 0 Å². The molecule has 10 nitrogen and oxygen atoms in total. The first kappa shape index (κ1) is 25.8. The summed E-state index contributed by atoms with van der Waals surface area (Å²) in [6.45, 7) is -0.833. The summed E-state index contributed by atoms with van der Waals surface area (Å²) in [5.74, 6) is -4.98. The van der Waals surface area contributed by atoms with Crippen LogP contribution in [0.3, 0.4) is 0 Å². The normalized spacial score (nSPS) is 12.7. The Bertz CT molecular complexity index is 734. The highest BCUT2D eigenvalue weighted by molar-refractivity contribution is 7.98. The number of esters is 2. The average Bonchev–Trinajstić information content (AvgIpc) is 2.69. The van der Waals surface area contributed by atoms with Crippen LogP contribution in [0.1, 0.15) is 41.4 Å². The van der Waals surface area contributed by atoms with Crippen LogP contribution in [0, 0.1) is 0 Å². The van der Waals surface area contributed by atoms with Gasteiger partial charge in [-0.15, -0.1) is 0 Å². The van der Waals surface area contributed by atoms with Gasteiger partial charge in [0.15, 0.2) is 0 Å². The summed E-state index contributed by atoms with van der Waals surface area (Å²) < 4.78 is 9.78. The van der Waals surface area contributed by atoms with E-state index in [0.29, 0.717) is 6.07 Å². The lowest BCUT2D eigenvalue weighted by molar-refractivity contribution is 0.0293. The fourth-order valence-electron chi connectivity index (χ4n) is 2.27. The first-order valence-corrected chi connectivity index (χ1v) is 11.2. The number of carbonyl (C=O) groups excluding carboxylic acids is 2. The molecule has 1 rings (SSSR count). The van der Waals surface area contributed by atoms with Crippen molar-refractivity contribution in [1.82, 2.24) is 0 Å². The van der Waals surface area contributed by atoms with Crippen LogP contribution >= 0.6 is 23.5 Å². The van der Waals surface area contributed by atoms with E-state index in [0.717, 1.165) is 6.07 Å². The molecule has 0 spiro atoms. The molecule has 30 heavy (non-hydrogen) atoms. The van der Waals surface area contributed by atoms with Gasteiger partial charge in [0.1, 0.15) is 13.2 Å². The Morgan fingerprint density at radius 1 is 0.767 bits per heavy atom. The van der Waals surface area contributed by atoms with E-state index in [4.69, 9.17) is 9.47 Å². The standard InChI is InChI=1S/C18H22O10S2/c1-29-7-9(19)5-27-17(25)13-4-14(18(26)28-6-10(20)8-30-2)12(16(23)24)3-11(13)15(21)22/h3-4,9-10,19-20H,5-8H2,1-2H3,(H,21,22)(H,23,24). The molecule has 4 N–H and O–H groups in total. The molecule has 0 aliphatic rings. The predicted octanol–water partition coefficient (Wildman–Crippen LogP) is 0.844. The van der Waals surface area contributed by atoms with E-state index < -0.39 is 71.6 Å². The number of rotatable bonds is 12. The van der Waals surface area contributed by atoms with E-state index in [1.54, 1.807) is 12.5 Å². The second-order valence-electron chi connectivity index (χ2n) is 5.97. The first-order chi connectivity index (χ1) is 14.1. The Kier molecular flexibility index (Phi) is 10.7. The van der Waals surface area contributed by atoms with Crippen molar-refractivity contribution < 1.29 is 49.1 Å². The molecule has 1 aromatic rings. The summed E-state index contributed by atoms with van der Waals surface area (Å²) in [6, 6.07) is 1.42. The van der Waals surface area contributed by atoms with E-state index in [1.165, 1.54) is 23.5 Å². The lowest BCUT2D eigenvalue weighted by Gasteiger charge is -2.14. The number of carboxylic acid groups (broad SMARTS) is 2. The number of carboxylic acids is 2. The third-order valence-electron chi connectivity index (χ3n) is 3.59. The molecule has 0 bridgehead atoms. The predicted molar refractivity (Wildman–Crippen MR) is 110 cm³/mol. The lowest BCUT2D eigenvalue weighted by atomic mass is 9.98. The maximum Gasteiger partial charge on any atom is 0.339 e. The maximum absolute atomic E-state index is 12.3. The molecule has 0 heterocycles. The highest BCUT2D eigenvalue weighted by Gasteiger charge is 2.27. The topological polar surface area (TPSA) is 168 Å². The van der Waals surface area contributed by atoms with Crippen LogP contribution in [-0.4, -0.2) is 93.7 Å². The molecule has 0 amide bonds. The van der Waals surface area contributed by atoms with Crippen LogP contribution in [0.5, 0.6) is 0 Å². The number of carbonyl (C=O) groups is 4. The fraction of sp³-hybridized carbons (Fsp3) is 0.444. The lowest BCUT2D eigenvalue weighted by Crippen LogP contribution is -2.24. The number of aliphatic hydroxyl groups excluding tert-OH is 2. The minimum atomic E-state index is -1.61. The minimum Gasteiger partial charge on any atom is -0.478 e. The van der Waals surface area contributed by atoms with Crippen LogP contribution < -0.4 is 0 Å². The molecular weight excluding hydrogens is 440 g/mol. The smallest absolute Gasteiger partial charge is 0.339 e. The van der Waals surface area contributed by atoms with Gasteiger partial charge >= 0.3 is 23.9 Å². The molecule has 1 aromatic carbocycles. The zero-order valence-corrected chi connectivity index (χ0v) is 17.8. The van der Waals surface area contributed by atoms with Gasteiger partial charge in [0, 0.05) is 11.5 Å². The zero-order valence-electron chi connectivity index (χ0n) is 16.2. The van der Waals surface area contributed by atoms with Crippen molar-refractivity contribution in [2.75, 3.05) is 37.2 Å². The molecule has 0 radical (unpaired) electrons. The highest BCUT2D eigenvalue weighted by atomic mass is 32.2. The second kappa shape index (κ2) is 12.4. The number of ether oxygens (including phenoxy) is 2. The van der Waals surface area contributed by atoms with Gasteiger partial charge in [-0.25, -0.2) is 19.2 Å². The van der Waals surface area contributed by atoms with Gasteiger partial charge in [0.2, 0.25) is 0 Å². The Balaban J connectivity index is 3.25. The Morgan fingerprint density at radius 3 is 1.40 bits per heavy atom. The molecule has 12 heteroatoms. The molecule has 166 valence electrons. The third kappa shape index (κ3) is 7.52. The first-order valence-electron chi connectivity index (χ1n) is 8.45. The van der Waals surface area contributed by atoms with Gasteiger partial charge in [0.25, 0.3) is 0 Å². The third-order valence-corrected chi connectivity index (χ3v) is 5.03. The molecule has 0 saturated heterocycles. The minimum absolute atomic E-state index is 0.271. The number of hydrogen-bond acceptors (Lipinski definition) is 10. The molecule has 0 aliphatic heterocycles. The molecule has 0 aliphatic carbocycles. The number of aliphatic hydroxyl groups is 2. The Labute approximate surface area is 180 Å². The maximum atomic E-state index is 12.3.